The van der Waals surface area contributed by atoms with Gasteiger partial charge in [0.05, 0.1) is 0 Å². The highest BCUT2D eigenvalue weighted by Gasteiger charge is 1.84. The molecular weight excluding hydrogens is 102 g/mol. The fourth-order valence-corrected chi connectivity index (χ4v) is 0.224. The number of rotatable bonds is 2. The van der Waals surface area contributed by atoms with E-state index in [4.69, 9.17) is 11.5 Å². The molecule has 0 aromatic rings. The molecule has 3 heteroatoms. The van der Waals surface area contributed by atoms with Crippen LogP contribution in [0.3, 0.4) is 0 Å². The number of nitrogens with one attached hydrogen (secondary N) is 1. The van der Waals surface area contributed by atoms with Crippen LogP contribution in [0, 0.1) is 0 Å². The molecule has 0 aromatic carbocycles. The number of allylic oxidation sites excluding steroid dienone is 1. The van der Waals surface area contributed by atoms with Crippen LogP contribution in [0.2, 0.25) is 0 Å². The molecule has 0 fully saturated rings. The predicted molar refractivity (Wildman–Crippen MR) is 34.4 cm³/mol. The Balaban J connectivity index is 3.79. The SMILES string of the molecule is C=CN/C(N)=C(/C)N. The summed E-state index contributed by atoms with van der Waals surface area (Å²) in [4.78, 5) is 0. The zero-order valence-electron chi connectivity index (χ0n) is 4.94. The van der Waals surface area contributed by atoms with E-state index in [2.05, 4.69) is 11.9 Å². The summed E-state index contributed by atoms with van der Waals surface area (Å²) in [7, 11) is 0. The molecule has 8 heavy (non-hydrogen) atoms. The molecule has 46 valence electrons. The van der Waals surface area contributed by atoms with Gasteiger partial charge in [0, 0.05) is 5.70 Å². The van der Waals surface area contributed by atoms with Gasteiger partial charge in [0.1, 0.15) is 5.82 Å². The van der Waals surface area contributed by atoms with Crippen molar-refractivity contribution >= 4 is 0 Å². The van der Waals surface area contributed by atoms with Crippen molar-refractivity contribution in [3.63, 3.8) is 0 Å². The van der Waals surface area contributed by atoms with Crippen LogP contribution >= 0.6 is 0 Å². The van der Waals surface area contributed by atoms with Crippen molar-refractivity contribution in [2.24, 2.45) is 11.5 Å². The van der Waals surface area contributed by atoms with E-state index in [0.29, 0.717) is 11.5 Å². The topological polar surface area (TPSA) is 64.1 Å². The third kappa shape index (κ3) is 2.12. The quantitative estimate of drug-likeness (QED) is 0.465. The summed E-state index contributed by atoms with van der Waals surface area (Å²) in [6, 6.07) is 0. The molecule has 5 N–H and O–H groups in total. The molecule has 0 radical (unpaired) electrons. The van der Waals surface area contributed by atoms with Gasteiger partial charge in [-0.25, -0.2) is 0 Å². The predicted octanol–water partition coefficient (Wildman–Crippen LogP) is -0.174. The molecule has 0 unspecified atom stereocenters. The van der Waals surface area contributed by atoms with Crippen LogP contribution in [-0.2, 0) is 0 Å². The van der Waals surface area contributed by atoms with E-state index in [1.54, 1.807) is 6.92 Å². The van der Waals surface area contributed by atoms with E-state index in [0.717, 1.165) is 0 Å². The lowest BCUT2D eigenvalue weighted by Crippen LogP contribution is -2.18. The van der Waals surface area contributed by atoms with Crippen LogP contribution in [-0.4, -0.2) is 0 Å². The molecule has 0 rings (SSSR count). The second kappa shape index (κ2) is 2.96. The van der Waals surface area contributed by atoms with Crippen molar-refractivity contribution in [2.45, 2.75) is 6.92 Å². The Morgan fingerprint density at radius 1 is 1.62 bits per heavy atom. The lowest BCUT2D eigenvalue weighted by molar-refractivity contribution is 0.979. The summed E-state index contributed by atoms with van der Waals surface area (Å²) in [5.74, 6) is 0.458. The zero-order chi connectivity index (χ0) is 6.57. The van der Waals surface area contributed by atoms with Crippen molar-refractivity contribution in [1.29, 1.82) is 0 Å². The van der Waals surface area contributed by atoms with E-state index < -0.39 is 0 Å². The molecule has 0 aliphatic carbocycles. The maximum Gasteiger partial charge on any atom is 0.119 e. The Kier molecular flexibility index (Phi) is 2.54. The van der Waals surface area contributed by atoms with Crippen molar-refractivity contribution in [3.8, 4) is 0 Å². The van der Waals surface area contributed by atoms with Crippen LogP contribution in [0.1, 0.15) is 6.92 Å². The summed E-state index contributed by atoms with van der Waals surface area (Å²) >= 11 is 0. The summed E-state index contributed by atoms with van der Waals surface area (Å²) in [5, 5.41) is 2.64. The second-order valence-electron chi connectivity index (χ2n) is 1.45. The Morgan fingerprint density at radius 2 is 2.12 bits per heavy atom. The van der Waals surface area contributed by atoms with Crippen LogP contribution in [0.25, 0.3) is 0 Å². The monoisotopic (exact) mass is 113 g/mol. The second-order valence-corrected chi connectivity index (χ2v) is 1.45. The maximum atomic E-state index is 5.30. The van der Waals surface area contributed by atoms with Crippen LogP contribution in [0.15, 0.2) is 24.3 Å². The van der Waals surface area contributed by atoms with E-state index in [1.165, 1.54) is 6.20 Å². The van der Waals surface area contributed by atoms with Crippen molar-refractivity contribution in [2.75, 3.05) is 0 Å². The maximum absolute atomic E-state index is 5.30. The van der Waals surface area contributed by atoms with Crippen LogP contribution in [0.4, 0.5) is 0 Å². The van der Waals surface area contributed by atoms with Gasteiger partial charge in [0.2, 0.25) is 0 Å². The highest BCUT2D eigenvalue weighted by Crippen LogP contribution is 1.81. The summed E-state index contributed by atoms with van der Waals surface area (Å²) in [6.07, 6.45) is 1.48. The molecule has 3 nitrogen and oxygen atoms in total. The highest BCUT2D eigenvalue weighted by atomic mass is 15.0. The first-order chi connectivity index (χ1) is 3.68. The average Bonchev–Trinajstić information content (AvgIpc) is 1.67. The van der Waals surface area contributed by atoms with Gasteiger partial charge >= 0.3 is 0 Å². The minimum Gasteiger partial charge on any atom is -0.399 e. The van der Waals surface area contributed by atoms with E-state index in [1.807, 2.05) is 0 Å². The van der Waals surface area contributed by atoms with Gasteiger partial charge in [-0.15, -0.1) is 0 Å². The molecule has 0 aliphatic rings. The first-order valence-electron chi connectivity index (χ1n) is 2.27. The summed E-state index contributed by atoms with van der Waals surface area (Å²) < 4.78 is 0. The molecule has 0 bridgehead atoms. The van der Waals surface area contributed by atoms with E-state index in [9.17, 15) is 0 Å². The third-order valence-corrected chi connectivity index (χ3v) is 0.682. The fourth-order valence-electron chi connectivity index (χ4n) is 0.224. The van der Waals surface area contributed by atoms with Crippen molar-refractivity contribution in [3.05, 3.63) is 24.3 Å². The molecule has 0 saturated heterocycles. The summed E-state index contributed by atoms with van der Waals surface area (Å²) in [5.41, 5.74) is 11.1. The standard InChI is InChI=1S/C5H11N3/c1-3-8-5(7)4(2)6/h3,8H,1,6-7H2,2H3/b5-4-. The molecule has 0 amide bonds. The van der Waals surface area contributed by atoms with Crippen molar-refractivity contribution in [1.82, 2.24) is 5.32 Å². The van der Waals surface area contributed by atoms with Crippen LogP contribution in [0.5, 0.6) is 0 Å². The van der Waals surface area contributed by atoms with E-state index in [-0.39, 0.29) is 0 Å². The first-order valence-corrected chi connectivity index (χ1v) is 2.27. The van der Waals surface area contributed by atoms with Gasteiger partial charge in [-0.3, -0.25) is 0 Å². The minimum absolute atomic E-state index is 0.458. The van der Waals surface area contributed by atoms with Gasteiger partial charge in [-0.1, -0.05) is 6.58 Å². The zero-order valence-corrected chi connectivity index (χ0v) is 4.94. The Hall–Kier alpha value is -1.12. The van der Waals surface area contributed by atoms with Crippen molar-refractivity contribution < 1.29 is 0 Å². The van der Waals surface area contributed by atoms with Gasteiger partial charge in [0.15, 0.2) is 0 Å². The Labute approximate surface area is 49.0 Å². The van der Waals surface area contributed by atoms with Gasteiger partial charge < -0.3 is 16.8 Å². The molecule has 0 aliphatic heterocycles. The van der Waals surface area contributed by atoms with Gasteiger partial charge in [-0.05, 0) is 13.1 Å². The number of hydrogen-bond acceptors (Lipinski definition) is 3. The number of hydrogen-bond donors (Lipinski definition) is 3. The largest absolute Gasteiger partial charge is 0.399 e. The minimum atomic E-state index is 0.458. The van der Waals surface area contributed by atoms with E-state index >= 15 is 0 Å². The molecular formula is C5H11N3. The molecule has 0 heterocycles. The molecule has 0 aromatic heterocycles. The van der Waals surface area contributed by atoms with Crippen LogP contribution < -0.4 is 16.8 Å². The highest BCUT2D eigenvalue weighted by molar-refractivity contribution is 5.03. The Morgan fingerprint density at radius 3 is 2.25 bits per heavy atom. The normalized spacial score (nSPS) is 12.1. The third-order valence-electron chi connectivity index (χ3n) is 0.682. The van der Waals surface area contributed by atoms with Gasteiger partial charge in [0.25, 0.3) is 0 Å². The molecule has 0 spiro atoms. The smallest absolute Gasteiger partial charge is 0.119 e. The number of nitrogens with two attached hydrogens (primary N) is 2. The fraction of sp³-hybridized carbons (Fsp3) is 0.200. The lowest BCUT2D eigenvalue weighted by Gasteiger charge is -1.99. The molecule has 0 saturated carbocycles. The Bertz CT molecular complexity index is 111. The lowest BCUT2D eigenvalue weighted by atomic mass is 10.5. The summed E-state index contributed by atoms with van der Waals surface area (Å²) in [6.45, 7) is 5.12. The van der Waals surface area contributed by atoms with Gasteiger partial charge in [-0.2, -0.15) is 0 Å². The average molecular weight is 113 g/mol. The molecule has 0 atom stereocenters. The first kappa shape index (κ1) is 6.88.